The summed E-state index contributed by atoms with van der Waals surface area (Å²) in [6.45, 7) is 2.60. The SMILES string of the molecule is Cc1nocc1Cn1ccc(-c2ccc(Br)cc2)n1. The molecule has 0 saturated heterocycles. The van der Waals surface area contributed by atoms with E-state index in [2.05, 4.69) is 26.2 Å². The van der Waals surface area contributed by atoms with Gasteiger partial charge in [0, 0.05) is 21.8 Å². The number of halogens is 1. The fourth-order valence-electron chi connectivity index (χ4n) is 1.86. The van der Waals surface area contributed by atoms with E-state index in [1.807, 2.05) is 48.1 Å². The smallest absolute Gasteiger partial charge is 0.129 e. The van der Waals surface area contributed by atoms with Gasteiger partial charge < -0.3 is 4.52 Å². The molecule has 0 radical (unpaired) electrons. The quantitative estimate of drug-likeness (QED) is 0.740. The largest absolute Gasteiger partial charge is 0.364 e. The molecule has 0 atom stereocenters. The van der Waals surface area contributed by atoms with E-state index >= 15 is 0 Å². The first-order chi connectivity index (χ1) is 9.22. The number of nitrogens with zero attached hydrogens (tertiary/aromatic N) is 3. The lowest BCUT2D eigenvalue weighted by Gasteiger charge is -1.99. The van der Waals surface area contributed by atoms with Crippen LogP contribution >= 0.6 is 15.9 Å². The summed E-state index contributed by atoms with van der Waals surface area (Å²) in [4.78, 5) is 0. The molecule has 2 heterocycles. The van der Waals surface area contributed by atoms with Crippen LogP contribution in [0, 0.1) is 6.92 Å². The summed E-state index contributed by atoms with van der Waals surface area (Å²) in [7, 11) is 0. The summed E-state index contributed by atoms with van der Waals surface area (Å²) in [5.74, 6) is 0. The van der Waals surface area contributed by atoms with Gasteiger partial charge in [-0.05, 0) is 25.1 Å². The van der Waals surface area contributed by atoms with Gasteiger partial charge in [0.1, 0.15) is 6.26 Å². The highest BCUT2D eigenvalue weighted by Crippen LogP contribution is 2.20. The van der Waals surface area contributed by atoms with E-state index in [1.165, 1.54) is 0 Å². The van der Waals surface area contributed by atoms with Crippen molar-refractivity contribution in [1.82, 2.24) is 14.9 Å². The first-order valence-electron chi connectivity index (χ1n) is 5.91. The number of hydrogen-bond acceptors (Lipinski definition) is 3. The van der Waals surface area contributed by atoms with Crippen LogP contribution in [0.4, 0.5) is 0 Å². The average molecular weight is 318 g/mol. The lowest BCUT2D eigenvalue weighted by molar-refractivity contribution is 0.414. The van der Waals surface area contributed by atoms with Crippen molar-refractivity contribution < 1.29 is 4.52 Å². The Morgan fingerprint density at radius 1 is 1.21 bits per heavy atom. The van der Waals surface area contributed by atoms with Gasteiger partial charge in [0.2, 0.25) is 0 Å². The van der Waals surface area contributed by atoms with E-state index in [0.717, 1.165) is 27.0 Å². The summed E-state index contributed by atoms with van der Waals surface area (Å²) >= 11 is 3.43. The Morgan fingerprint density at radius 2 is 2.00 bits per heavy atom. The molecule has 19 heavy (non-hydrogen) atoms. The normalized spacial score (nSPS) is 10.8. The van der Waals surface area contributed by atoms with E-state index in [4.69, 9.17) is 4.52 Å². The topological polar surface area (TPSA) is 43.9 Å². The highest BCUT2D eigenvalue weighted by atomic mass is 79.9. The Hall–Kier alpha value is -1.88. The monoisotopic (exact) mass is 317 g/mol. The van der Waals surface area contributed by atoms with Gasteiger partial charge in [-0.1, -0.05) is 33.2 Å². The third-order valence-electron chi connectivity index (χ3n) is 2.96. The van der Waals surface area contributed by atoms with Crippen molar-refractivity contribution in [3.05, 3.63) is 58.5 Å². The molecule has 0 unspecified atom stereocenters. The molecule has 0 N–H and O–H groups in total. The number of hydrogen-bond donors (Lipinski definition) is 0. The molecular formula is C14H12BrN3O. The Morgan fingerprint density at radius 3 is 2.68 bits per heavy atom. The number of benzene rings is 1. The van der Waals surface area contributed by atoms with Gasteiger partial charge in [0.05, 0.1) is 17.9 Å². The van der Waals surface area contributed by atoms with Crippen molar-refractivity contribution in [2.75, 3.05) is 0 Å². The Balaban J connectivity index is 1.83. The molecule has 96 valence electrons. The van der Waals surface area contributed by atoms with Crippen molar-refractivity contribution in [2.45, 2.75) is 13.5 Å². The third-order valence-corrected chi connectivity index (χ3v) is 3.49. The molecule has 3 aromatic rings. The van der Waals surface area contributed by atoms with Crippen LogP contribution in [0.3, 0.4) is 0 Å². The molecule has 1 aromatic carbocycles. The van der Waals surface area contributed by atoms with Crippen molar-refractivity contribution in [3.63, 3.8) is 0 Å². The minimum atomic E-state index is 0.672. The lowest BCUT2D eigenvalue weighted by Crippen LogP contribution is -2.00. The Bertz CT molecular complexity index is 685. The van der Waals surface area contributed by atoms with Crippen LogP contribution in [0.1, 0.15) is 11.3 Å². The zero-order valence-corrected chi connectivity index (χ0v) is 12.0. The first kappa shape index (κ1) is 12.2. The van der Waals surface area contributed by atoms with Crippen LogP contribution in [-0.2, 0) is 6.54 Å². The fraction of sp³-hybridized carbons (Fsp3) is 0.143. The Labute approximate surface area is 119 Å². The van der Waals surface area contributed by atoms with Crippen LogP contribution in [0.2, 0.25) is 0 Å². The number of aromatic nitrogens is 3. The molecule has 0 aliphatic carbocycles. The predicted octanol–water partition coefficient (Wildman–Crippen LogP) is 3.66. The third kappa shape index (κ3) is 2.61. The van der Waals surface area contributed by atoms with E-state index < -0.39 is 0 Å². The van der Waals surface area contributed by atoms with E-state index in [9.17, 15) is 0 Å². The first-order valence-corrected chi connectivity index (χ1v) is 6.71. The van der Waals surface area contributed by atoms with Gasteiger partial charge in [-0.3, -0.25) is 4.68 Å². The molecular weight excluding hydrogens is 306 g/mol. The molecule has 0 saturated carbocycles. The minimum Gasteiger partial charge on any atom is -0.364 e. The van der Waals surface area contributed by atoms with Crippen LogP contribution in [0.15, 0.2) is 51.8 Å². The molecule has 3 rings (SSSR count). The van der Waals surface area contributed by atoms with E-state index in [0.29, 0.717) is 6.54 Å². The van der Waals surface area contributed by atoms with Crippen LogP contribution < -0.4 is 0 Å². The number of rotatable bonds is 3. The lowest BCUT2D eigenvalue weighted by atomic mass is 10.2. The second-order valence-corrected chi connectivity index (χ2v) is 5.25. The summed E-state index contributed by atoms with van der Waals surface area (Å²) < 4.78 is 7.88. The van der Waals surface area contributed by atoms with Crippen molar-refractivity contribution in [1.29, 1.82) is 0 Å². The van der Waals surface area contributed by atoms with E-state index in [-0.39, 0.29) is 0 Å². The second-order valence-electron chi connectivity index (χ2n) is 4.33. The van der Waals surface area contributed by atoms with Crippen molar-refractivity contribution in [3.8, 4) is 11.3 Å². The van der Waals surface area contributed by atoms with Crippen molar-refractivity contribution >= 4 is 15.9 Å². The van der Waals surface area contributed by atoms with Gasteiger partial charge in [-0.15, -0.1) is 0 Å². The van der Waals surface area contributed by atoms with Crippen LogP contribution in [-0.4, -0.2) is 14.9 Å². The fourth-order valence-corrected chi connectivity index (χ4v) is 2.13. The average Bonchev–Trinajstić information content (AvgIpc) is 3.01. The molecule has 0 spiro atoms. The Kier molecular flexibility index (Phi) is 3.21. The van der Waals surface area contributed by atoms with Crippen molar-refractivity contribution in [2.24, 2.45) is 0 Å². The van der Waals surface area contributed by atoms with Gasteiger partial charge in [0.25, 0.3) is 0 Å². The number of aryl methyl sites for hydroxylation is 1. The maximum atomic E-state index is 4.93. The zero-order chi connectivity index (χ0) is 13.2. The van der Waals surface area contributed by atoms with Gasteiger partial charge in [-0.2, -0.15) is 5.10 Å². The zero-order valence-electron chi connectivity index (χ0n) is 10.4. The highest BCUT2D eigenvalue weighted by molar-refractivity contribution is 9.10. The van der Waals surface area contributed by atoms with Gasteiger partial charge >= 0.3 is 0 Å². The second kappa shape index (κ2) is 5.01. The molecule has 0 amide bonds. The summed E-state index contributed by atoms with van der Waals surface area (Å²) in [5.41, 5.74) is 4.01. The molecule has 5 heteroatoms. The molecule has 0 bridgehead atoms. The molecule has 0 aliphatic rings. The maximum absolute atomic E-state index is 4.93. The predicted molar refractivity (Wildman–Crippen MR) is 75.7 cm³/mol. The molecule has 0 fully saturated rings. The summed E-state index contributed by atoms with van der Waals surface area (Å²) in [5, 5.41) is 8.42. The standard InChI is InChI=1S/C14H12BrN3O/c1-10-12(9-19-17-10)8-18-7-6-14(16-18)11-2-4-13(15)5-3-11/h2-7,9H,8H2,1H3. The highest BCUT2D eigenvalue weighted by Gasteiger charge is 2.06. The van der Waals surface area contributed by atoms with Crippen LogP contribution in [0.5, 0.6) is 0 Å². The molecule has 4 nitrogen and oxygen atoms in total. The maximum Gasteiger partial charge on any atom is 0.129 e. The summed E-state index contributed by atoms with van der Waals surface area (Å²) in [6.07, 6.45) is 3.63. The molecule has 0 aliphatic heterocycles. The van der Waals surface area contributed by atoms with E-state index in [1.54, 1.807) is 6.26 Å². The van der Waals surface area contributed by atoms with Gasteiger partial charge in [0.15, 0.2) is 0 Å². The molecule has 2 aromatic heterocycles. The summed E-state index contributed by atoms with van der Waals surface area (Å²) in [6, 6.07) is 10.1. The minimum absolute atomic E-state index is 0.672. The van der Waals surface area contributed by atoms with Crippen LogP contribution in [0.25, 0.3) is 11.3 Å². The van der Waals surface area contributed by atoms with Gasteiger partial charge in [-0.25, -0.2) is 0 Å².